The molecular weight excluding hydrogens is 431 g/mol. The first-order valence-electron chi connectivity index (χ1n) is 14.7. The molecule has 0 aromatic rings. The monoisotopic (exact) mass is 480 g/mol. The van der Waals surface area contributed by atoms with Crippen molar-refractivity contribution in [1.82, 2.24) is 0 Å². The Labute approximate surface area is 203 Å². The lowest BCUT2D eigenvalue weighted by molar-refractivity contribution is -0.100. The van der Waals surface area contributed by atoms with E-state index in [1.165, 1.54) is 135 Å². The maximum Gasteiger partial charge on any atom is 0.0679 e. The standard InChI is InChI=1S/C28H49O2PS/c32-31-26-20-14-8-2-4-10-16-22(26)29-24-18-12-6-1-7-13-19-25(28(24)31)30-23-17-11-5-3-9-15-21-27(23)31/h22-28H,1-21H2. The molecule has 0 N–H and O–H groups in total. The number of hydrogen-bond acceptors (Lipinski definition) is 3. The van der Waals surface area contributed by atoms with Crippen molar-refractivity contribution in [1.29, 1.82) is 0 Å². The second-order valence-corrected chi connectivity index (χ2v) is 17.2. The van der Waals surface area contributed by atoms with Crippen molar-refractivity contribution in [2.24, 2.45) is 0 Å². The van der Waals surface area contributed by atoms with E-state index in [0.717, 1.165) is 0 Å². The molecule has 2 heterocycles. The molecule has 2 aliphatic heterocycles. The van der Waals surface area contributed by atoms with Gasteiger partial charge in [-0.2, -0.15) is 0 Å². The molecule has 0 bridgehead atoms. The van der Waals surface area contributed by atoms with Crippen LogP contribution in [0.1, 0.15) is 135 Å². The summed E-state index contributed by atoms with van der Waals surface area (Å²) in [5, 5.41) is 0. The summed E-state index contributed by atoms with van der Waals surface area (Å²) in [5.74, 6) is 0. The van der Waals surface area contributed by atoms with Crippen LogP contribution in [0.5, 0.6) is 0 Å². The lowest BCUT2D eigenvalue weighted by atomic mass is 9.94. The summed E-state index contributed by atoms with van der Waals surface area (Å²) in [4.78, 5) is 0. The van der Waals surface area contributed by atoms with Crippen molar-refractivity contribution in [3.05, 3.63) is 0 Å². The van der Waals surface area contributed by atoms with E-state index in [0.29, 0.717) is 41.4 Å². The van der Waals surface area contributed by atoms with Gasteiger partial charge in [0.2, 0.25) is 0 Å². The summed E-state index contributed by atoms with van der Waals surface area (Å²) in [5.41, 5.74) is 1.96. The van der Waals surface area contributed by atoms with E-state index in [4.69, 9.17) is 21.3 Å². The summed E-state index contributed by atoms with van der Waals surface area (Å²) >= 11 is 7.21. The topological polar surface area (TPSA) is 18.5 Å². The van der Waals surface area contributed by atoms with Gasteiger partial charge in [0.15, 0.2) is 0 Å². The molecule has 0 aromatic heterocycles. The predicted molar refractivity (Wildman–Crippen MR) is 140 cm³/mol. The minimum atomic E-state index is -1.59. The fourth-order valence-corrected chi connectivity index (χ4v) is 16.0. The van der Waals surface area contributed by atoms with Gasteiger partial charge in [0.05, 0.1) is 24.4 Å². The summed E-state index contributed by atoms with van der Waals surface area (Å²) in [6.45, 7) is 0. The Kier molecular flexibility index (Phi) is 8.75. The van der Waals surface area contributed by atoms with Gasteiger partial charge in [-0.1, -0.05) is 108 Å². The molecule has 4 heteroatoms. The lowest BCUT2D eigenvalue weighted by Gasteiger charge is -2.60. The Morgan fingerprint density at radius 2 is 0.719 bits per heavy atom. The van der Waals surface area contributed by atoms with Crippen LogP contribution in [0.15, 0.2) is 0 Å². The van der Waals surface area contributed by atoms with Gasteiger partial charge in [-0.15, -0.1) is 0 Å². The van der Waals surface area contributed by atoms with E-state index in [1.807, 2.05) is 0 Å². The van der Waals surface area contributed by atoms with Crippen LogP contribution in [0.3, 0.4) is 0 Å². The molecule has 0 radical (unpaired) electrons. The molecule has 0 spiro atoms. The molecule has 3 saturated carbocycles. The van der Waals surface area contributed by atoms with Gasteiger partial charge in [-0.25, -0.2) is 0 Å². The molecule has 2 saturated heterocycles. The Balaban J connectivity index is 1.54. The third kappa shape index (κ3) is 5.08. The molecule has 5 rings (SSSR count). The summed E-state index contributed by atoms with van der Waals surface area (Å²) in [6.07, 6.45) is 30.4. The van der Waals surface area contributed by atoms with Crippen LogP contribution in [0, 0.1) is 0 Å². The van der Waals surface area contributed by atoms with Crippen molar-refractivity contribution in [2.45, 2.75) is 176 Å². The number of rotatable bonds is 0. The van der Waals surface area contributed by atoms with Crippen molar-refractivity contribution in [3.8, 4) is 0 Å². The molecule has 184 valence electrons. The normalized spacial score (nSPS) is 46.9. The van der Waals surface area contributed by atoms with Crippen molar-refractivity contribution in [2.75, 3.05) is 0 Å². The molecule has 0 aromatic carbocycles. The predicted octanol–water partition coefficient (Wildman–Crippen LogP) is 8.34. The second-order valence-electron chi connectivity index (χ2n) is 11.9. The van der Waals surface area contributed by atoms with E-state index in [-0.39, 0.29) is 0 Å². The Hall–Kier alpha value is 0.570. The highest BCUT2D eigenvalue weighted by Crippen LogP contribution is 2.72. The summed E-state index contributed by atoms with van der Waals surface area (Å²) < 4.78 is 14.3. The van der Waals surface area contributed by atoms with Gasteiger partial charge in [0.1, 0.15) is 0 Å². The van der Waals surface area contributed by atoms with E-state index in [9.17, 15) is 0 Å². The van der Waals surface area contributed by atoms with Gasteiger partial charge in [-0.05, 0) is 44.6 Å². The van der Waals surface area contributed by atoms with Gasteiger partial charge in [0, 0.05) is 17.0 Å². The molecule has 32 heavy (non-hydrogen) atoms. The minimum absolute atomic E-state index is 0.402. The highest BCUT2D eigenvalue weighted by atomic mass is 32.4. The fourth-order valence-electron chi connectivity index (χ4n) is 8.21. The van der Waals surface area contributed by atoms with Crippen LogP contribution in [0.25, 0.3) is 0 Å². The average molecular weight is 481 g/mol. The van der Waals surface area contributed by atoms with Crippen LogP contribution in [0.2, 0.25) is 0 Å². The van der Waals surface area contributed by atoms with Crippen LogP contribution in [0.4, 0.5) is 0 Å². The molecule has 6 atom stereocenters. The van der Waals surface area contributed by atoms with Gasteiger partial charge in [-0.3, -0.25) is 0 Å². The van der Waals surface area contributed by atoms with Crippen LogP contribution in [-0.2, 0) is 21.3 Å². The zero-order valence-electron chi connectivity index (χ0n) is 20.6. The Morgan fingerprint density at radius 3 is 1.12 bits per heavy atom. The zero-order valence-corrected chi connectivity index (χ0v) is 22.3. The zero-order chi connectivity index (χ0) is 21.8. The quantitative estimate of drug-likeness (QED) is 0.325. The highest BCUT2D eigenvalue weighted by molar-refractivity contribution is 8.15. The molecule has 3 aliphatic carbocycles. The van der Waals surface area contributed by atoms with Crippen molar-refractivity contribution < 1.29 is 9.47 Å². The molecule has 6 unspecified atom stereocenters. The van der Waals surface area contributed by atoms with Crippen molar-refractivity contribution in [3.63, 3.8) is 0 Å². The first kappa shape index (κ1) is 24.3. The van der Waals surface area contributed by atoms with Gasteiger partial charge < -0.3 is 9.47 Å². The van der Waals surface area contributed by atoms with Crippen LogP contribution < -0.4 is 0 Å². The second kappa shape index (κ2) is 11.5. The molecular formula is C28H49O2PS. The lowest BCUT2D eigenvalue weighted by Crippen LogP contribution is -2.59. The van der Waals surface area contributed by atoms with Crippen LogP contribution >= 0.6 is 6.04 Å². The Bertz CT molecular complexity index is 591. The van der Waals surface area contributed by atoms with E-state index in [1.54, 1.807) is 0 Å². The maximum absolute atomic E-state index is 7.21. The van der Waals surface area contributed by atoms with E-state index < -0.39 is 6.04 Å². The first-order chi connectivity index (χ1) is 15.8. The van der Waals surface area contributed by atoms with Gasteiger partial charge in [0.25, 0.3) is 0 Å². The molecule has 5 fully saturated rings. The average Bonchev–Trinajstić information content (AvgIpc) is 2.99. The number of fused-ring (bicyclic) bond motifs is 4. The number of hydrogen-bond donors (Lipinski definition) is 0. The maximum atomic E-state index is 7.21. The third-order valence-electron chi connectivity index (χ3n) is 9.78. The first-order valence-corrected chi connectivity index (χ1v) is 17.7. The Morgan fingerprint density at radius 1 is 0.406 bits per heavy atom. The molecule has 0 amide bonds. The largest absolute Gasteiger partial charge is 0.374 e. The van der Waals surface area contributed by atoms with Gasteiger partial charge >= 0.3 is 0 Å². The SMILES string of the molecule is S=P12C3CCCCCCCC3OC3CCCCCCCC(OC4CCCCCCCC41)C32. The third-order valence-corrected chi connectivity index (χ3v) is 17.0. The van der Waals surface area contributed by atoms with E-state index >= 15 is 0 Å². The molecule has 5 aliphatic rings. The fraction of sp³-hybridized carbons (Fsp3) is 1.00. The van der Waals surface area contributed by atoms with E-state index in [2.05, 4.69) is 0 Å². The summed E-state index contributed by atoms with van der Waals surface area (Å²) in [6, 6.07) is -1.59. The molecule has 2 nitrogen and oxygen atoms in total. The highest BCUT2D eigenvalue weighted by Gasteiger charge is 2.59. The van der Waals surface area contributed by atoms with Crippen molar-refractivity contribution >= 4 is 17.8 Å². The smallest absolute Gasteiger partial charge is 0.0679 e. The summed E-state index contributed by atoms with van der Waals surface area (Å²) in [7, 11) is 0. The minimum Gasteiger partial charge on any atom is -0.374 e. The van der Waals surface area contributed by atoms with Crippen LogP contribution in [-0.4, -0.2) is 41.4 Å². The number of ether oxygens (including phenoxy) is 2.